The number of nitrogens with zero attached hydrogens (tertiary/aromatic N) is 6. The van der Waals surface area contributed by atoms with Gasteiger partial charge in [-0.3, -0.25) is 4.99 Å². The second kappa shape index (κ2) is 9.79. The molecule has 10 heteroatoms. The third-order valence-corrected chi connectivity index (χ3v) is 6.13. The second-order valence-corrected chi connectivity index (χ2v) is 7.98. The summed E-state index contributed by atoms with van der Waals surface area (Å²) in [5.74, 6) is 1.90. The number of piperazine rings is 1. The number of aromatic nitrogens is 3. The average molecular weight is 507 g/mol. The first-order chi connectivity index (χ1) is 12.1. The number of hydrogen-bond acceptors (Lipinski definition) is 7. The lowest BCUT2D eigenvalue weighted by Crippen LogP contribution is -2.52. The summed E-state index contributed by atoms with van der Waals surface area (Å²) in [6.07, 6.45) is 0.892. The van der Waals surface area contributed by atoms with Gasteiger partial charge < -0.3 is 15.1 Å². The summed E-state index contributed by atoms with van der Waals surface area (Å²) >= 11 is 3.25. The molecule has 0 spiro atoms. The highest BCUT2D eigenvalue weighted by molar-refractivity contribution is 14.0. The van der Waals surface area contributed by atoms with Gasteiger partial charge in [-0.25, -0.2) is 9.97 Å². The Morgan fingerprint density at radius 1 is 1.19 bits per heavy atom. The quantitative estimate of drug-likeness (QED) is 0.390. The van der Waals surface area contributed by atoms with Gasteiger partial charge in [-0.1, -0.05) is 6.92 Å². The molecule has 3 rings (SSSR count). The van der Waals surface area contributed by atoms with E-state index in [4.69, 9.17) is 0 Å². The Bertz CT molecular complexity index is 735. The van der Waals surface area contributed by atoms with Crippen LogP contribution in [0.1, 0.15) is 28.3 Å². The molecule has 1 aliphatic heterocycles. The van der Waals surface area contributed by atoms with E-state index in [0.29, 0.717) is 0 Å². The topological polar surface area (TPSA) is 69.5 Å². The van der Waals surface area contributed by atoms with Crippen molar-refractivity contribution < 1.29 is 0 Å². The molecule has 1 aliphatic rings. The van der Waals surface area contributed by atoms with Gasteiger partial charge in [-0.05, 0) is 13.8 Å². The Balaban J connectivity index is 0.00000243. The van der Waals surface area contributed by atoms with Crippen molar-refractivity contribution in [3.05, 3.63) is 21.4 Å². The van der Waals surface area contributed by atoms with Crippen LogP contribution in [-0.4, -0.2) is 58.4 Å². The van der Waals surface area contributed by atoms with Gasteiger partial charge in [0.1, 0.15) is 5.82 Å². The van der Waals surface area contributed by atoms with E-state index in [1.807, 2.05) is 14.0 Å². The smallest absolute Gasteiger partial charge is 0.205 e. The van der Waals surface area contributed by atoms with E-state index in [9.17, 15) is 0 Å². The lowest BCUT2D eigenvalue weighted by molar-refractivity contribution is 0.372. The molecule has 2 aromatic heterocycles. The van der Waals surface area contributed by atoms with E-state index >= 15 is 0 Å². The number of anilines is 1. The molecule has 0 aromatic carbocycles. The zero-order valence-corrected chi connectivity index (χ0v) is 19.6. The highest BCUT2D eigenvalue weighted by Gasteiger charge is 2.22. The number of nitrogens with one attached hydrogen (secondary N) is 1. The van der Waals surface area contributed by atoms with Crippen LogP contribution < -0.4 is 10.2 Å². The van der Waals surface area contributed by atoms with Crippen LogP contribution in [0.5, 0.6) is 0 Å². The van der Waals surface area contributed by atoms with Gasteiger partial charge in [0.2, 0.25) is 5.13 Å². The molecule has 144 valence electrons. The zero-order chi connectivity index (χ0) is 17.8. The number of aliphatic imine (C=N–C) groups is 1. The largest absolute Gasteiger partial charge is 0.351 e. The van der Waals surface area contributed by atoms with E-state index in [1.54, 1.807) is 11.3 Å². The summed E-state index contributed by atoms with van der Waals surface area (Å²) in [4.78, 5) is 19.4. The van der Waals surface area contributed by atoms with Crippen molar-refractivity contribution in [1.29, 1.82) is 0 Å². The third kappa shape index (κ3) is 5.03. The van der Waals surface area contributed by atoms with Crippen LogP contribution in [0.15, 0.2) is 4.99 Å². The van der Waals surface area contributed by atoms with Crippen molar-refractivity contribution in [1.82, 2.24) is 24.6 Å². The Hall–Kier alpha value is -1.01. The molecule has 1 saturated heterocycles. The van der Waals surface area contributed by atoms with E-state index < -0.39 is 0 Å². The van der Waals surface area contributed by atoms with Crippen LogP contribution in [0.4, 0.5) is 5.13 Å². The number of hydrogen-bond donors (Lipinski definition) is 1. The molecule has 3 heterocycles. The van der Waals surface area contributed by atoms with Crippen molar-refractivity contribution in [3.63, 3.8) is 0 Å². The molecule has 0 aliphatic carbocycles. The lowest BCUT2D eigenvalue weighted by Gasteiger charge is -2.36. The van der Waals surface area contributed by atoms with Crippen LogP contribution in [-0.2, 0) is 13.0 Å². The summed E-state index contributed by atoms with van der Waals surface area (Å²) in [6, 6.07) is 0. The molecule has 0 unspecified atom stereocenters. The molecule has 0 amide bonds. The van der Waals surface area contributed by atoms with Crippen LogP contribution in [0, 0.1) is 13.8 Å². The predicted octanol–water partition coefficient (Wildman–Crippen LogP) is 2.69. The molecule has 0 atom stereocenters. The average Bonchev–Trinajstić information content (AvgIpc) is 3.22. The van der Waals surface area contributed by atoms with E-state index in [0.717, 1.165) is 66.8 Å². The van der Waals surface area contributed by atoms with Gasteiger partial charge >= 0.3 is 0 Å². The Morgan fingerprint density at radius 3 is 2.46 bits per heavy atom. The van der Waals surface area contributed by atoms with E-state index in [-0.39, 0.29) is 24.0 Å². The summed E-state index contributed by atoms with van der Waals surface area (Å²) in [6.45, 7) is 10.7. The molecule has 26 heavy (non-hydrogen) atoms. The van der Waals surface area contributed by atoms with Crippen molar-refractivity contribution >= 4 is 57.9 Å². The Kier molecular flexibility index (Phi) is 8.02. The van der Waals surface area contributed by atoms with Gasteiger partial charge in [-0.2, -0.15) is 4.37 Å². The van der Waals surface area contributed by atoms with E-state index in [1.165, 1.54) is 16.4 Å². The summed E-state index contributed by atoms with van der Waals surface area (Å²) < 4.78 is 4.39. The second-order valence-electron chi connectivity index (χ2n) is 5.96. The molecule has 0 bridgehead atoms. The minimum atomic E-state index is 0. The summed E-state index contributed by atoms with van der Waals surface area (Å²) in [5.41, 5.74) is 1.11. The van der Waals surface area contributed by atoms with Crippen LogP contribution in [0.3, 0.4) is 0 Å². The standard InChI is InChI=1S/C16H25N7S2.HI/c1-5-14-20-16(25-21-14)23-8-6-22(7-9-23)15(17-4)18-10-13-11(2)19-12(3)24-13;/h5-10H2,1-4H3,(H,17,18);1H. The van der Waals surface area contributed by atoms with Gasteiger partial charge in [0.25, 0.3) is 0 Å². The molecule has 2 aromatic rings. The molecule has 7 nitrogen and oxygen atoms in total. The first-order valence-corrected chi connectivity index (χ1v) is 10.2. The molecular formula is C16H26IN7S2. The summed E-state index contributed by atoms with van der Waals surface area (Å²) in [7, 11) is 1.84. The first-order valence-electron chi connectivity index (χ1n) is 8.56. The maximum absolute atomic E-state index is 4.59. The van der Waals surface area contributed by atoms with Gasteiger partial charge in [0.15, 0.2) is 5.96 Å². The minimum Gasteiger partial charge on any atom is -0.351 e. The predicted molar refractivity (Wildman–Crippen MR) is 120 cm³/mol. The fourth-order valence-corrected chi connectivity index (χ4v) is 4.53. The Morgan fingerprint density at radius 2 is 1.92 bits per heavy atom. The molecule has 1 N–H and O–H groups in total. The fraction of sp³-hybridized carbons (Fsp3) is 0.625. The molecular weight excluding hydrogens is 481 g/mol. The third-order valence-electron chi connectivity index (χ3n) is 4.24. The summed E-state index contributed by atoms with van der Waals surface area (Å²) in [5, 5.41) is 5.63. The number of thiazole rings is 1. The maximum Gasteiger partial charge on any atom is 0.205 e. The van der Waals surface area contributed by atoms with Crippen molar-refractivity contribution in [2.75, 3.05) is 38.1 Å². The highest BCUT2D eigenvalue weighted by atomic mass is 127. The normalized spacial score (nSPS) is 15.2. The maximum atomic E-state index is 4.59. The number of guanidine groups is 1. The SMILES string of the molecule is CCc1nsc(N2CCN(C(=NC)NCc3sc(C)nc3C)CC2)n1.I. The van der Waals surface area contributed by atoms with Crippen molar-refractivity contribution in [3.8, 4) is 0 Å². The van der Waals surface area contributed by atoms with Crippen LogP contribution in [0.2, 0.25) is 0 Å². The number of rotatable bonds is 4. The fourth-order valence-electron chi connectivity index (χ4n) is 2.86. The monoisotopic (exact) mass is 507 g/mol. The lowest BCUT2D eigenvalue weighted by atomic mass is 10.3. The van der Waals surface area contributed by atoms with Crippen LogP contribution in [0.25, 0.3) is 0 Å². The Labute approximate surface area is 180 Å². The van der Waals surface area contributed by atoms with Gasteiger partial charge in [0, 0.05) is 56.1 Å². The van der Waals surface area contributed by atoms with Gasteiger partial charge in [0.05, 0.1) is 17.2 Å². The van der Waals surface area contributed by atoms with Gasteiger partial charge in [-0.15, -0.1) is 35.3 Å². The number of aryl methyl sites for hydroxylation is 3. The number of halogens is 1. The minimum absolute atomic E-state index is 0. The molecule has 0 saturated carbocycles. The van der Waals surface area contributed by atoms with Crippen molar-refractivity contribution in [2.24, 2.45) is 4.99 Å². The zero-order valence-electron chi connectivity index (χ0n) is 15.7. The molecule has 1 fully saturated rings. The first kappa shape index (κ1) is 21.3. The van der Waals surface area contributed by atoms with Crippen molar-refractivity contribution in [2.45, 2.75) is 33.7 Å². The highest BCUT2D eigenvalue weighted by Crippen LogP contribution is 2.20. The van der Waals surface area contributed by atoms with E-state index in [2.05, 4.69) is 48.3 Å². The van der Waals surface area contributed by atoms with Crippen LogP contribution >= 0.6 is 46.8 Å². The molecule has 0 radical (unpaired) electrons.